The third-order valence-corrected chi connectivity index (χ3v) is 3.80. The summed E-state index contributed by atoms with van der Waals surface area (Å²) in [7, 11) is 0. The van der Waals surface area contributed by atoms with Crippen LogP contribution < -0.4 is 10.1 Å². The number of hydrogen-bond acceptors (Lipinski definition) is 3. The number of pyridine rings is 1. The monoisotopic (exact) mass is 344 g/mol. The van der Waals surface area contributed by atoms with Crippen molar-refractivity contribution in [3.8, 4) is 17.6 Å². The fourth-order valence-electron chi connectivity index (χ4n) is 2.53. The van der Waals surface area contributed by atoms with Crippen molar-refractivity contribution in [2.24, 2.45) is 0 Å². The Bertz CT molecular complexity index is 1000. The van der Waals surface area contributed by atoms with Crippen LogP contribution in [-0.2, 0) is 0 Å². The van der Waals surface area contributed by atoms with E-state index in [4.69, 9.17) is 4.74 Å². The number of aromatic nitrogens is 1. The molecule has 1 N–H and O–H groups in total. The first kappa shape index (κ1) is 17.5. The molecule has 1 heterocycles. The second-order valence-electron chi connectivity index (χ2n) is 5.84. The number of ether oxygens (including phenoxy) is 1. The first-order chi connectivity index (χ1) is 12.7. The quantitative estimate of drug-likeness (QED) is 0.704. The van der Waals surface area contributed by atoms with Crippen LogP contribution in [0.1, 0.15) is 29.4 Å². The van der Waals surface area contributed by atoms with Crippen LogP contribution in [0.2, 0.25) is 0 Å². The number of hydrogen-bond donors (Lipinski definition) is 1. The summed E-state index contributed by atoms with van der Waals surface area (Å²) in [5.41, 5.74) is 3.10. The highest BCUT2D eigenvalue weighted by atomic mass is 16.5. The minimum atomic E-state index is -0.171. The van der Waals surface area contributed by atoms with E-state index in [1.54, 1.807) is 12.1 Å². The van der Waals surface area contributed by atoms with Gasteiger partial charge in [-0.25, -0.2) is 0 Å². The topological polar surface area (TPSA) is 51.2 Å². The molecule has 0 spiro atoms. The molecule has 0 aliphatic heterocycles. The van der Waals surface area contributed by atoms with Crippen molar-refractivity contribution >= 4 is 22.5 Å². The first-order valence-electron chi connectivity index (χ1n) is 8.53. The summed E-state index contributed by atoms with van der Waals surface area (Å²) in [6.07, 6.45) is 0.806. The first-order valence-corrected chi connectivity index (χ1v) is 8.53. The van der Waals surface area contributed by atoms with E-state index in [1.807, 2.05) is 56.3 Å². The largest absolute Gasteiger partial charge is 0.481 e. The zero-order chi connectivity index (χ0) is 18.4. The molecule has 3 rings (SSSR count). The molecule has 0 aliphatic carbocycles. The van der Waals surface area contributed by atoms with Gasteiger partial charge in [-0.15, -0.1) is 5.92 Å². The number of benzene rings is 2. The van der Waals surface area contributed by atoms with Crippen molar-refractivity contribution in [2.45, 2.75) is 20.3 Å². The number of amides is 1. The molecule has 1 amide bonds. The van der Waals surface area contributed by atoms with Crippen molar-refractivity contribution in [3.63, 3.8) is 0 Å². The molecule has 130 valence electrons. The number of nitrogens with zero attached hydrogens (tertiary/aromatic N) is 1. The Kier molecular flexibility index (Phi) is 5.50. The van der Waals surface area contributed by atoms with Crippen molar-refractivity contribution in [3.05, 3.63) is 65.9 Å². The van der Waals surface area contributed by atoms with Gasteiger partial charge in [0.15, 0.2) is 0 Å². The Balaban J connectivity index is 1.72. The van der Waals surface area contributed by atoms with E-state index in [1.165, 1.54) is 0 Å². The minimum Gasteiger partial charge on any atom is -0.481 e. The van der Waals surface area contributed by atoms with E-state index in [-0.39, 0.29) is 5.91 Å². The van der Waals surface area contributed by atoms with Gasteiger partial charge in [-0.2, -0.15) is 0 Å². The van der Waals surface area contributed by atoms with Gasteiger partial charge < -0.3 is 10.1 Å². The lowest BCUT2D eigenvalue weighted by Gasteiger charge is -2.08. The molecule has 1 aromatic heterocycles. The average molecular weight is 344 g/mol. The molecule has 0 atom stereocenters. The Morgan fingerprint density at radius 3 is 2.85 bits per heavy atom. The van der Waals surface area contributed by atoms with Crippen molar-refractivity contribution in [1.82, 2.24) is 4.98 Å². The lowest BCUT2D eigenvalue weighted by atomic mass is 10.1. The maximum absolute atomic E-state index is 12.5. The summed E-state index contributed by atoms with van der Waals surface area (Å²) in [6, 6.07) is 16.7. The molecule has 2 aromatic carbocycles. The summed E-state index contributed by atoms with van der Waals surface area (Å²) < 4.78 is 5.57. The van der Waals surface area contributed by atoms with Crippen LogP contribution in [0.5, 0.6) is 5.75 Å². The minimum absolute atomic E-state index is 0.171. The molecule has 0 radical (unpaired) electrons. The van der Waals surface area contributed by atoms with Gasteiger partial charge in [-0.1, -0.05) is 25.0 Å². The van der Waals surface area contributed by atoms with Crippen LogP contribution in [0.3, 0.4) is 0 Å². The Morgan fingerprint density at radius 1 is 1.12 bits per heavy atom. The van der Waals surface area contributed by atoms with E-state index in [2.05, 4.69) is 22.1 Å². The molecule has 0 fully saturated rings. The van der Waals surface area contributed by atoms with Gasteiger partial charge in [0, 0.05) is 34.8 Å². The summed E-state index contributed by atoms with van der Waals surface area (Å²) >= 11 is 0. The molecule has 0 saturated carbocycles. The number of nitrogens with one attached hydrogen (secondary N) is 1. The number of carbonyl (C=O) groups excluding carboxylic acids is 1. The molecule has 4 heteroatoms. The highest BCUT2D eigenvalue weighted by Gasteiger charge is 2.08. The van der Waals surface area contributed by atoms with Crippen LogP contribution >= 0.6 is 0 Å². The number of anilines is 1. The lowest BCUT2D eigenvalue weighted by Crippen LogP contribution is -2.12. The zero-order valence-electron chi connectivity index (χ0n) is 14.9. The molecule has 0 saturated heterocycles. The predicted octanol–water partition coefficient (Wildman–Crippen LogP) is 4.59. The van der Waals surface area contributed by atoms with Crippen molar-refractivity contribution in [2.75, 3.05) is 11.9 Å². The van der Waals surface area contributed by atoms with Gasteiger partial charge in [0.05, 0.1) is 5.52 Å². The molecular formula is C22H20N2O2. The molecule has 0 bridgehead atoms. The van der Waals surface area contributed by atoms with Crippen LogP contribution in [0.25, 0.3) is 10.9 Å². The van der Waals surface area contributed by atoms with E-state index >= 15 is 0 Å². The Hall–Kier alpha value is -3.32. The molecule has 0 unspecified atom stereocenters. The van der Waals surface area contributed by atoms with Crippen LogP contribution in [0.4, 0.5) is 5.69 Å². The highest BCUT2D eigenvalue weighted by Crippen LogP contribution is 2.19. The van der Waals surface area contributed by atoms with Gasteiger partial charge in [0.25, 0.3) is 5.91 Å². The number of aryl methyl sites for hydroxylation is 1. The van der Waals surface area contributed by atoms with Gasteiger partial charge >= 0.3 is 0 Å². The van der Waals surface area contributed by atoms with Crippen molar-refractivity contribution < 1.29 is 9.53 Å². The maximum atomic E-state index is 12.5. The van der Waals surface area contributed by atoms with Gasteiger partial charge in [0.1, 0.15) is 12.4 Å². The number of rotatable bonds is 4. The lowest BCUT2D eigenvalue weighted by molar-refractivity contribution is 0.102. The molecular weight excluding hydrogens is 324 g/mol. The fraction of sp³-hybridized carbons (Fsp3) is 0.182. The summed E-state index contributed by atoms with van der Waals surface area (Å²) in [6.45, 7) is 4.28. The number of carbonyl (C=O) groups is 1. The van der Waals surface area contributed by atoms with Crippen LogP contribution in [0.15, 0.2) is 54.6 Å². The van der Waals surface area contributed by atoms with E-state index in [0.29, 0.717) is 23.6 Å². The number of fused-ring (bicyclic) bond motifs is 1. The zero-order valence-corrected chi connectivity index (χ0v) is 14.9. The molecule has 0 aliphatic rings. The smallest absolute Gasteiger partial charge is 0.255 e. The molecule has 4 nitrogen and oxygen atoms in total. The van der Waals surface area contributed by atoms with E-state index in [9.17, 15) is 4.79 Å². The third-order valence-electron chi connectivity index (χ3n) is 3.80. The predicted molar refractivity (Wildman–Crippen MR) is 104 cm³/mol. The van der Waals surface area contributed by atoms with E-state index in [0.717, 1.165) is 23.0 Å². The third kappa shape index (κ3) is 4.40. The normalized spacial score (nSPS) is 10.1. The fourth-order valence-corrected chi connectivity index (χ4v) is 2.53. The Morgan fingerprint density at radius 2 is 2.00 bits per heavy atom. The molecule has 3 aromatic rings. The Labute approximate surface area is 153 Å². The van der Waals surface area contributed by atoms with Crippen molar-refractivity contribution in [1.29, 1.82) is 0 Å². The highest BCUT2D eigenvalue weighted by molar-refractivity contribution is 6.06. The summed E-state index contributed by atoms with van der Waals surface area (Å²) in [5.74, 6) is 6.38. The summed E-state index contributed by atoms with van der Waals surface area (Å²) in [5, 5.41) is 3.84. The SMILES string of the molecule is CCC#CCOc1cccc(NC(=O)c2ccc3nc(C)ccc3c2)c1. The average Bonchev–Trinajstić information content (AvgIpc) is 2.65. The summed E-state index contributed by atoms with van der Waals surface area (Å²) in [4.78, 5) is 17.0. The second-order valence-corrected chi connectivity index (χ2v) is 5.84. The maximum Gasteiger partial charge on any atom is 0.255 e. The van der Waals surface area contributed by atoms with Gasteiger partial charge in [-0.3, -0.25) is 9.78 Å². The molecule has 26 heavy (non-hydrogen) atoms. The van der Waals surface area contributed by atoms with Crippen LogP contribution in [-0.4, -0.2) is 17.5 Å². The van der Waals surface area contributed by atoms with Crippen LogP contribution in [0, 0.1) is 18.8 Å². The standard InChI is InChI=1S/C22H20N2O2/c1-3-4-5-13-26-20-8-6-7-19(15-20)24-22(25)18-11-12-21-17(14-18)10-9-16(2)23-21/h6-12,14-15H,3,13H2,1-2H3,(H,24,25). The van der Waals surface area contributed by atoms with E-state index < -0.39 is 0 Å². The van der Waals surface area contributed by atoms with Gasteiger partial charge in [0.2, 0.25) is 0 Å². The second kappa shape index (κ2) is 8.17. The van der Waals surface area contributed by atoms with Gasteiger partial charge in [-0.05, 0) is 43.3 Å².